The molecule has 5 nitrogen and oxygen atoms in total. The molecule has 3 rings (SSSR count). The fourth-order valence-electron chi connectivity index (χ4n) is 2.70. The van der Waals surface area contributed by atoms with Crippen LogP contribution >= 0.6 is 22.9 Å². The van der Waals surface area contributed by atoms with Crippen molar-refractivity contribution in [3.63, 3.8) is 0 Å². The number of ether oxygens (including phenoxy) is 2. The zero-order valence-corrected chi connectivity index (χ0v) is 16.9. The zero-order valence-electron chi connectivity index (χ0n) is 15.3. The average molecular weight is 416 g/mol. The number of thiophene rings is 1. The Bertz CT molecular complexity index is 1020. The molecule has 0 aliphatic rings. The molecule has 0 bridgehead atoms. The van der Waals surface area contributed by atoms with Crippen LogP contribution in [-0.2, 0) is 4.74 Å². The molecule has 0 aliphatic heterocycles. The first kappa shape index (κ1) is 19.9. The van der Waals surface area contributed by atoms with Gasteiger partial charge in [-0.05, 0) is 31.2 Å². The molecule has 2 aromatic carbocycles. The third kappa shape index (κ3) is 4.18. The topological polar surface area (TPSA) is 64.6 Å². The molecule has 0 saturated carbocycles. The van der Waals surface area contributed by atoms with E-state index in [0.29, 0.717) is 39.1 Å². The summed E-state index contributed by atoms with van der Waals surface area (Å²) in [6, 6.07) is 14.0. The third-order valence-electron chi connectivity index (χ3n) is 3.98. The van der Waals surface area contributed by atoms with Crippen LogP contribution < -0.4 is 10.1 Å². The molecule has 0 fully saturated rings. The van der Waals surface area contributed by atoms with E-state index in [1.807, 2.05) is 25.1 Å². The van der Waals surface area contributed by atoms with Crippen LogP contribution in [0.2, 0.25) is 5.02 Å². The van der Waals surface area contributed by atoms with Gasteiger partial charge >= 0.3 is 5.97 Å². The summed E-state index contributed by atoms with van der Waals surface area (Å²) in [4.78, 5) is 25.1. The van der Waals surface area contributed by atoms with Gasteiger partial charge in [0.25, 0.3) is 5.91 Å². The molecule has 3 aromatic rings. The summed E-state index contributed by atoms with van der Waals surface area (Å²) in [5.74, 6) is -0.292. The lowest BCUT2D eigenvalue weighted by Crippen LogP contribution is -2.14. The van der Waals surface area contributed by atoms with Gasteiger partial charge in [0, 0.05) is 27.1 Å². The van der Waals surface area contributed by atoms with Crippen molar-refractivity contribution < 1.29 is 19.1 Å². The lowest BCUT2D eigenvalue weighted by Gasteiger charge is -2.09. The van der Waals surface area contributed by atoms with Crippen LogP contribution in [0.15, 0.2) is 53.9 Å². The van der Waals surface area contributed by atoms with Crippen molar-refractivity contribution in [3.05, 3.63) is 70.1 Å². The summed E-state index contributed by atoms with van der Waals surface area (Å²) >= 11 is 7.53. The van der Waals surface area contributed by atoms with E-state index >= 15 is 0 Å². The largest absolute Gasteiger partial charge is 0.494 e. The van der Waals surface area contributed by atoms with Crippen molar-refractivity contribution in [1.82, 2.24) is 0 Å². The van der Waals surface area contributed by atoms with Gasteiger partial charge in [-0.3, -0.25) is 4.79 Å². The van der Waals surface area contributed by atoms with Crippen molar-refractivity contribution >= 4 is 39.8 Å². The highest BCUT2D eigenvalue weighted by atomic mass is 35.5. The summed E-state index contributed by atoms with van der Waals surface area (Å²) in [6.07, 6.45) is 0. The summed E-state index contributed by atoms with van der Waals surface area (Å²) in [6.45, 7) is 2.38. The van der Waals surface area contributed by atoms with Gasteiger partial charge < -0.3 is 14.8 Å². The number of hydrogen-bond donors (Lipinski definition) is 1. The summed E-state index contributed by atoms with van der Waals surface area (Å²) in [5.41, 5.74) is 2.00. The van der Waals surface area contributed by atoms with E-state index in [2.05, 4.69) is 5.32 Å². The highest BCUT2D eigenvalue weighted by Crippen LogP contribution is 2.39. The molecule has 1 N–H and O–H groups in total. The molecule has 1 aromatic heterocycles. The van der Waals surface area contributed by atoms with E-state index in [1.54, 1.807) is 35.7 Å². The highest BCUT2D eigenvalue weighted by Gasteiger charge is 2.23. The van der Waals surface area contributed by atoms with Gasteiger partial charge in [-0.15, -0.1) is 11.3 Å². The number of carbonyl (C=O) groups excluding carboxylic acids is 2. The van der Waals surface area contributed by atoms with Crippen LogP contribution in [-0.4, -0.2) is 25.6 Å². The smallest absolute Gasteiger partial charge is 0.341 e. The first-order valence-electron chi connectivity index (χ1n) is 8.54. The Hall–Kier alpha value is -2.83. The summed E-state index contributed by atoms with van der Waals surface area (Å²) in [7, 11) is 1.30. The first-order chi connectivity index (χ1) is 13.5. The number of esters is 1. The second-order valence-corrected chi connectivity index (χ2v) is 7.03. The van der Waals surface area contributed by atoms with Crippen LogP contribution in [0.25, 0.3) is 11.1 Å². The lowest BCUT2D eigenvalue weighted by atomic mass is 10.0. The molecule has 0 radical (unpaired) electrons. The summed E-state index contributed by atoms with van der Waals surface area (Å²) < 4.78 is 10.4. The summed E-state index contributed by atoms with van der Waals surface area (Å²) in [5, 5.41) is 5.48. The van der Waals surface area contributed by atoms with Gasteiger partial charge in [0.2, 0.25) is 0 Å². The number of benzene rings is 2. The predicted molar refractivity (Wildman–Crippen MR) is 112 cm³/mol. The number of amides is 1. The molecular formula is C21H18ClNO4S. The number of carbonyl (C=O) groups is 2. The van der Waals surface area contributed by atoms with E-state index in [9.17, 15) is 9.59 Å². The van der Waals surface area contributed by atoms with E-state index in [1.165, 1.54) is 18.4 Å². The van der Waals surface area contributed by atoms with Crippen molar-refractivity contribution in [2.45, 2.75) is 6.92 Å². The van der Waals surface area contributed by atoms with E-state index in [-0.39, 0.29) is 11.5 Å². The number of rotatable bonds is 6. The Morgan fingerprint density at radius 1 is 1.11 bits per heavy atom. The normalized spacial score (nSPS) is 10.4. The number of methoxy groups -OCH3 is 1. The van der Waals surface area contributed by atoms with Crippen LogP contribution in [0, 0.1) is 0 Å². The lowest BCUT2D eigenvalue weighted by molar-refractivity contribution is 0.0603. The minimum atomic E-state index is -0.547. The number of nitrogens with one attached hydrogen (secondary N) is 1. The second kappa shape index (κ2) is 8.91. The molecule has 0 atom stereocenters. The minimum Gasteiger partial charge on any atom is -0.494 e. The molecule has 0 unspecified atom stereocenters. The molecule has 1 heterocycles. The van der Waals surface area contributed by atoms with Crippen LogP contribution in [0.3, 0.4) is 0 Å². The van der Waals surface area contributed by atoms with Crippen molar-refractivity contribution in [1.29, 1.82) is 0 Å². The zero-order chi connectivity index (χ0) is 20.1. The van der Waals surface area contributed by atoms with Crippen molar-refractivity contribution in [2.24, 2.45) is 0 Å². The van der Waals surface area contributed by atoms with Gasteiger partial charge in [-0.1, -0.05) is 35.9 Å². The standard InChI is InChI=1S/C21H18ClNO4S/c1-3-27-14-8-6-7-13(11-14)19(24)23-20-18(21(25)26-2)16(12-28-20)15-9-4-5-10-17(15)22/h4-12H,3H2,1-2H3,(H,23,24). The maximum absolute atomic E-state index is 12.7. The van der Waals surface area contributed by atoms with Crippen LogP contribution in [0.4, 0.5) is 5.00 Å². The number of anilines is 1. The molecular weight excluding hydrogens is 398 g/mol. The van der Waals surface area contributed by atoms with Gasteiger partial charge in [-0.25, -0.2) is 4.79 Å². The fourth-order valence-corrected chi connectivity index (χ4v) is 3.88. The third-order valence-corrected chi connectivity index (χ3v) is 5.20. The molecule has 28 heavy (non-hydrogen) atoms. The number of hydrogen-bond acceptors (Lipinski definition) is 5. The van der Waals surface area contributed by atoms with Crippen molar-refractivity contribution in [2.75, 3.05) is 19.0 Å². The van der Waals surface area contributed by atoms with Gasteiger partial charge in [0.15, 0.2) is 0 Å². The van der Waals surface area contributed by atoms with Gasteiger partial charge in [0.1, 0.15) is 16.3 Å². The Morgan fingerprint density at radius 3 is 2.61 bits per heavy atom. The molecule has 0 aliphatic carbocycles. The molecule has 0 spiro atoms. The second-order valence-electron chi connectivity index (χ2n) is 5.74. The Morgan fingerprint density at radius 2 is 1.89 bits per heavy atom. The first-order valence-corrected chi connectivity index (χ1v) is 9.79. The predicted octanol–water partition coefficient (Wildman–Crippen LogP) is 5.51. The Kier molecular flexibility index (Phi) is 6.34. The average Bonchev–Trinajstić information content (AvgIpc) is 3.11. The fraction of sp³-hybridized carbons (Fsp3) is 0.143. The number of halogens is 1. The SMILES string of the molecule is CCOc1cccc(C(=O)Nc2scc(-c3ccccc3Cl)c2C(=O)OC)c1. The molecule has 144 valence electrons. The van der Waals surface area contributed by atoms with E-state index in [0.717, 1.165) is 0 Å². The van der Waals surface area contributed by atoms with Crippen LogP contribution in [0.5, 0.6) is 5.75 Å². The van der Waals surface area contributed by atoms with E-state index < -0.39 is 5.97 Å². The van der Waals surface area contributed by atoms with Gasteiger partial charge in [0.05, 0.1) is 13.7 Å². The maximum atomic E-state index is 12.7. The quantitative estimate of drug-likeness (QED) is 0.539. The molecule has 0 saturated heterocycles. The van der Waals surface area contributed by atoms with Gasteiger partial charge in [-0.2, -0.15) is 0 Å². The highest BCUT2D eigenvalue weighted by molar-refractivity contribution is 7.15. The molecule has 7 heteroatoms. The van der Waals surface area contributed by atoms with Crippen LogP contribution in [0.1, 0.15) is 27.6 Å². The maximum Gasteiger partial charge on any atom is 0.341 e. The molecule has 1 amide bonds. The van der Waals surface area contributed by atoms with E-state index in [4.69, 9.17) is 21.1 Å². The minimum absolute atomic E-state index is 0.273. The van der Waals surface area contributed by atoms with Crippen molar-refractivity contribution in [3.8, 4) is 16.9 Å². The Balaban J connectivity index is 1.96. The Labute approximate surface area is 171 Å². The monoisotopic (exact) mass is 415 g/mol.